The second kappa shape index (κ2) is 7.06. The van der Waals surface area contributed by atoms with Crippen LogP contribution in [0.15, 0.2) is 12.1 Å². The van der Waals surface area contributed by atoms with E-state index in [0.29, 0.717) is 28.2 Å². The number of benzene rings is 1. The molecule has 2 unspecified atom stereocenters. The zero-order chi connectivity index (χ0) is 14.3. The molecule has 2 aliphatic heterocycles. The second-order valence-corrected chi connectivity index (χ2v) is 7.16. The minimum Gasteiger partial charge on any atom is -0.311 e. The molecule has 2 saturated heterocycles. The maximum absolute atomic E-state index is 14.1. The Morgan fingerprint density at radius 2 is 1.86 bits per heavy atom. The molecule has 2 atom stereocenters. The molecule has 0 spiro atoms. The van der Waals surface area contributed by atoms with Gasteiger partial charge in [-0.3, -0.25) is 4.90 Å². The molecule has 118 valence electrons. The van der Waals surface area contributed by atoms with Crippen LogP contribution < -0.4 is 5.32 Å². The summed E-state index contributed by atoms with van der Waals surface area (Å²) in [4.78, 5) is 2.11. The largest absolute Gasteiger partial charge is 0.311 e. The van der Waals surface area contributed by atoms with Crippen LogP contribution in [0, 0.1) is 15.2 Å². The van der Waals surface area contributed by atoms with Crippen molar-refractivity contribution in [1.82, 2.24) is 10.2 Å². The molecule has 1 aromatic rings. The average Bonchev–Trinajstić information content (AvgIpc) is 2.77. The molecule has 0 radical (unpaired) electrons. The van der Waals surface area contributed by atoms with Gasteiger partial charge in [0.05, 0.1) is 0 Å². The van der Waals surface area contributed by atoms with Gasteiger partial charge in [-0.2, -0.15) is 0 Å². The van der Waals surface area contributed by atoms with E-state index >= 15 is 0 Å². The first-order valence-corrected chi connectivity index (χ1v) is 8.21. The van der Waals surface area contributed by atoms with Gasteiger partial charge >= 0.3 is 0 Å². The van der Waals surface area contributed by atoms with Crippen LogP contribution in [-0.4, -0.2) is 30.1 Å². The monoisotopic (exact) mass is 428 g/mol. The van der Waals surface area contributed by atoms with Gasteiger partial charge in [0.1, 0.15) is 11.6 Å². The fraction of sp³-hybridized carbons (Fsp3) is 0.600. The van der Waals surface area contributed by atoms with Crippen LogP contribution >= 0.6 is 35.0 Å². The molecule has 0 saturated carbocycles. The smallest absolute Gasteiger partial charge is 0.143 e. The fourth-order valence-corrected chi connectivity index (χ4v) is 3.98. The van der Waals surface area contributed by atoms with Gasteiger partial charge in [0, 0.05) is 33.8 Å². The van der Waals surface area contributed by atoms with Crippen molar-refractivity contribution in [3.63, 3.8) is 0 Å². The number of hydrogen-bond acceptors (Lipinski definition) is 2. The predicted molar refractivity (Wildman–Crippen MR) is 90.8 cm³/mol. The SMILES string of the molecule is CN(Cc1c(F)ccc(I)c1F)C1CC2CCC(C1)N2.Cl. The molecule has 1 aromatic carbocycles. The Hall–Kier alpha value is 0.0200. The van der Waals surface area contributed by atoms with Crippen molar-refractivity contribution in [2.24, 2.45) is 0 Å². The van der Waals surface area contributed by atoms with E-state index in [1.165, 1.54) is 25.0 Å². The number of hydrogen-bond donors (Lipinski definition) is 1. The van der Waals surface area contributed by atoms with Crippen LogP contribution in [0.25, 0.3) is 0 Å². The Balaban J connectivity index is 0.00000161. The topological polar surface area (TPSA) is 15.3 Å². The molecule has 2 aliphatic rings. The summed E-state index contributed by atoms with van der Waals surface area (Å²) in [5.41, 5.74) is 0.199. The van der Waals surface area contributed by atoms with Gasteiger partial charge in [0.25, 0.3) is 0 Å². The number of rotatable bonds is 3. The van der Waals surface area contributed by atoms with E-state index in [-0.39, 0.29) is 18.0 Å². The van der Waals surface area contributed by atoms with Crippen LogP contribution in [0.1, 0.15) is 31.2 Å². The average molecular weight is 429 g/mol. The highest BCUT2D eigenvalue weighted by Crippen LogP contribution is 2.30. The van der Waals surface area contributed by atoms with Crippen LogP contribution in [0.5, 0.6) is 0 Å². The van der Waals surface area contributed by atoms with E-state index in [1.807, 2.05) is 29.6 Å². The summed E-state index contributed by atoms with van der Waals surface area (Å²) in [6, 6.07) is 4.45. The molecule has 2 bridgehead atoms. The first-order chi connectivity index (χ1) is 9.54. The molecule has 2 fully saturated rings. The standard InChI is InChI=1S/C15H19F2IN2.ClH/c1-20(11-6-9-2-3-10(7-11)19-9)8-12-13(16)4-5-14(18)15(12)17;/h4-5,9-11,19H,2-3,6-8H2,1H3;1H. The summed E-state index contributed by atoms with van der Waals surface area (Å²) in [6.07, 6.45) is 4.64. The Kier molecular flexibility index (Phi) is 5.84. The summed E-state index contributed by atoms with van der Waals surface area (Å²) >= 11 is 1.91. The highest BCUT2D eigenvalue weighted by Gasteiger charge is 2.35. The minimum atomic E-state index is -0.438. The van der Waals surface area contributed by atoms with Gasteiger partial charge in [-0.15, -0.1) is 12.4 Å². The predicted octanol–water partition coefficient (Wildman–Crippen LogP) is 3.71. The highest BCUT2D eigenvalue weighted by atomic mass is 127. The molecule has 0 aromatic heterocycles. The summed E-state index contributed by atoms with van der Waals surface area (Å²) in [6.45, 7) is 0.346. The second-order valence-electron chi connectivity index (χ2n) is 6.00. The molecule has 2 heterocycles. The van der Waals surface area contributed by atoms with Crippen molar-refractivity contribution < 1.29 is 8.78 Å². The molecule has 2 nitrogen and oxygen atoms in total. The van der Waals surface area contributed by atoms with Crippen molar-refractivity contribution in [2.45, 2.75) is 50.4 Å². The molecule has 21 heavy (non-hydrogen) atoms. The maximum atomic E-state index is 14.1. The number of fused-ring (bicyclic) bond motifs is 2. The van der Waals surface area contributed by atoms with Crippen molar-refractivity contribution >= 4 is 35.0 Å². The van der Waals surface area contributed by atoms with Crippen molar-refractivity contribution in [3.05, 3.63) is 32.9 Å². The number of nitrogens with one attached hydrogen (secondary N) is 1. The molecular formula is C15H20ClF2IN2. The van der Waals surface area contributed by atoms with E-state index < -0.39 is 11.6 Å². The molecule has 1 N–H and O–H groups in total. The first-order valence-electron chi connectivity index (χ1n) is 7.13. The number of halogens is 4. The van der Waals surface area contributed by atoms with Crippen molar-refractivity contribution in [3.8, 4) is 0 Å². The van der Waals surface area contributed by atoms with Crippen LogP contribution in [0.2, 0.25) is 0 Å². The van der Waals surface area contributed by atoms with Crippen molar-refractivity contribution in [2.75, 3.05) is 7.05 Å². The Labute approximate surface area is 144 Å². The molecule has 0 aliphatic carbocycles. The maximum Gasteiger partial charge on any atom is 0.143 e. The lowest BCUT2D eigenvalue weighted by Gasteiger charge is -2.35. The lowest BCUT2D eigenvalue weighted by atomic mass is 9.98. The van der Waals surface area contributed by atoms with Gasteiger partial charge in [0.15, 0.2) is 0 Å². The van der Waals surface area contributed by atoms with E-state index in [2.05, 4.69) is 10.2 Å². The van der Waals surface area contributed by atoms with Gasteiger partial charge in [0.2, 0.25) is 0 Å². The van der Waals surface area contributed by atoms with Gasteiger partial charge < -0.3 is 5.32 Å². The number of piperidine rings is 1. The van der Waals surface area contributed by atoms with Crippen LogP contribution in [0.4, 0.5) is 8.78 Å². The van der Waals surface area contributed by atoms with Gasteiger partial charge in [-0.05, 0) is 67.5 Å². The summed E-state index contributed by atoms with van der Waals surface area (Å²) in [5.74, 6) is -0.846. The van der Waals surface area contributed by atoms with Crippen LogP contribution in [0.3, 0.4) is 0 Å². The lowest BCUT2D eigenvalue weighted by molar-refractivity contribution is 0.162. The van der Waals surface area contributed by atoms with Gasteiger partial charge in [-0.1, -0.05) is 0 Å². The number of nitrogens with zero attached hydrogens (tertiary/aromatic N) is 1. The van der Waals surface area contributed by atoms with E-state index in [1.54, 1.807) is 0 Å². The minimum absolute atomic E-state index is 0. The first kappa shape index (κ1) is 17.4. The summed E-state index contributed by atoms with van der Waals surface area (Å²) < 4.78 is 28.4. The van der Waals surface area contributed by atoms with Gasteiger partial charge in [-0.25, -0.2) is 8.78 Å². The quantitative estimate of drug-likeness (QED) is 0.583. The van der Waals surface area contributed by atoms with Crippen molar-refractivity contribution in [1.29, 1.82) is 0 Å². The summed E-state index contributed by atoms with van der Waals surface area (Å²) in [5, 5.41) is 3.59. The lowest BCUT2D eigenvalue weighted by Crippen LogP contribution is -2.46. The Bertz CT molecular complexity index is 503. The Morgan fingerprint density at radius 1 is 1.24 bits per heavy atom. The van der Waals surface area contributed by atoms with E-state index in [4.69, 9.17) is 0 Å². The Morgan fingerprint density at radius 3 is 2.48 bits per heavy atom. The fourth-order valence-electron chi connectivity index (χ4n) is 3.48. The van der Waals surface area contributed by atoms with E-state index in [9.17, 15) is 8.78 Å². The molecular weight excluding hydrogens is 409 g/mol. The van der Waals surface area contributed by atoms with E-state index in [0.717, 1.165) is 12.8 Å². The zero-order valence-electron chi connectivity index (χ0n) is 11.9. The third-order valence-corrected chi connectivity index (χ3v) is 5.45. The zero-order valence-corrected chi connectivity index (χ0v) is 14.9. The normalized spacial score (nSPS) is 27.8. The third kappa shape index (κ3) is 3.68. The van der Waals surface area contributed by atoms with Crippen LogP contribution in [-0.2, 0) is 6.54 Å². The molecule has 0 amide bonds. The summed E-state index contributed by atoms with van der Waals surface area (Å²) in [7, 11) is 1.98. The molecule has 6 heteroatoms. The molecule has 3 rings (SSSR count). The highest BCUT2D eigenvalue weighted by molar-refractivity contribution is 14.1. The third-order valence-electron chi connectivity index (χ3n) is 4.62.